The molecule has 0 aliphatic carbocycles. The fourth-order valence-electron chi connectivity index (χ4n) is 1.93. The van der Waals surface area contributed by atoms with Gasteiger partial charge in [-0.25, -0.2) is 9.24 Å². The van der Waals surface area contributed by atoms with Crippen molar-refractivity contribution in [3.63, 3.8) is 0 Å². The first kappa shape index (κ1) is 21.4. The molecule has 1 amide bonds. The summed E-state index contributed by atoms with van der Waals surface area (Å²) in [6.07, 6.45) is -4.83. The molecule has 0 aromatic heterocycles. The number of halogens is 3. The van der Waals surface area contributed by atoms with Gasteiger partial charge in [0.25, 0.3) is 0 Å². The smallest absolute Gasteiger partial charge is 0.348 e. The van der Waals surface area contributed by atoms with Gasteiger partial charge in [-0.2, -0.15) is 13.2 Å². The summed E-state index contributed by atoms with van der Waals surface area (Å²) in [5.41, 5.74) is 0. The van der Waals surface area contributed by atoms with Crippen LogP contribution in [-0.2, 0) is 18.4 Å². The van der Waals surface area contributed by atoms with Crippen molar-refractivity contribution in [2.45, 2.75) is 52.4 Å². The monoisotopic (exact) mass is 348 g/mol. The SMILES string of the molecule is COP(=O)(OCCCNC(=O)C(F)(F)F)N(C(C)C)C(C)C. The zero-order valence-electron chi connectivity index (χ0n) is 13.4. The molecule has 0 aromatic carbocycles. The molecular formula is C12H24F3N2O4P. The Morgan fingerprint density at radius 1 is 1.23 bits per heavy atom. The van der Waals surface area contributed by atoms with Crippen molar-refractivity contribution in [1.82, 2.24) is 9.99 Å². The largest absolute Gasteiger partial charge is 0.471 e. The van der Waals surface area contributed by atoms with Crippen LogP contribution in [0, 0.1) is 0 Å². The number of nitrogens with zero attached hydrogens (tertiary/aromatic N) is 1. The second kappa shape index (κ2) is 8.86. The van der Waals surface area contributed by atoms with E-state index < -0.39 is 19.8 Å². The van der Waals surface area contributed by atoms with E-state index in [-0.39, 0.29) is 31.7 Å². The lowest BCUT2D eigenvalue weighted by Gasteiger charge is -2.35. The average molecular weight is 348 g/mol. The maximum Gasteiger partial charge on any atom is 0.471 e. The van der Waals surface area contributed by atoms with E-state index >= 15 is 0 Å². The minimum absolute atomic E-state index is 0.0825. The third kappa shape index (κ3) is 6.64. The Labute approximate surface area is 128 Å². The number of hydrogen-bond acceptors (Lipinski definition) is 4. The molecule has 0 heterocycles. The first-order chi connectivity index (χ1) is 9.95. The fourth-order valence-corrected chi connectivity index (χ4v) is 3.85. The van der Waals surface area contributed by atoms with E-state index in [9.17, 15) is 22.5 Å². The Hall–Kier alpha value is -0.630. The molecule has 0 spiro atoms. The molecule has 22 heavy (non-hydrogen) atoms. The van der Waals surface area contributed by atoms with Gasteiger partial charge < -0.3 is 5.32 Å². The van der Waals surface area contributed by atoms with Crippen LogP contribution in [-0.4, -0.2) is 49.1 Å². The van der Waals surface area contributed by atoms with E-state index in [1.54, 1.807) is 9.99 Å². The van der Waals surface area contributed by atoms with Gasteiger partial charge in [-0.15, -0.1) is 0 Å². The van der Waals surface area contributed by atoms with Crippen molar-refractivity contribution in [2.24, 2.45) is 0 Å². The van der Waals surface area contributed by atoms with Crippen molar-refractivity contribution < 1.29 is 31.6 Å². The zero-order valence-corrected chi connectivity index (χ0v) is 14.3. The van der Waals surface area contributed by atoms with Gasteiger partial charge in [0, 0.05) is 25.7 Å². The van der Waals surface area contributed by atoms with E-state index in [4.69, 9.17) is 9.05 Å². The molecule has 6 nitrogen and oxygen atoms in total. The molecule has 0 rings (SSSR count). The number of hydrogen-bond donors (Lipinski definition) is 1. The highest BCUT2D eigenvalue weighted by atomic mass is 31.2. The maximum atomic E-state index is 12.6. The summed E-state index contributed by atoms with van der Waals surface area (Å²) in [5.74, 6) is -2.01. The van der Waals surface area contributed by atoms with Crippen LogP contribution in [0.3, 0.4) is 0 Å². The number of nitrogens with one attached hydrogen (secondary N) is 1. The first-order valence-corrected chi connectivity index (χ1v) is 8.39. The highest BCUT2D eigenvalue weighted by Crippen LogP contribution is 2.53. The Balaban J connectivity index is 4.42. The Bertz CT molecular complexity index is 394. The number of carbonyl (C=O) groups is 1. The van der Waals surface area contributed by atoms with Crippen LogP contribution in [0.25, 0.3) is 0 Å². The van der Waals surface area contributed by atoms with E-state index in [1.165, 1.54) is 7.11 Å². The summed E-state index contributed by atoms with van der Waals surface area (Å²) in [7, 11) is -2.27. The topological polar surface area (TPSA) is 67.9 Å². The van der Waals surface area contributed by atoms with Crippen LogP contribution in [0.1, 0.15) is 34.1 Å². The normalized spacial score (nSPS) is 15.4. The molecule has 10 heteroatoms. The zero-order chi connectivity index (χ0) is 17.6. The van der Waals surface area contributed by atoms with Crippen LogP contribution in [0.4, 0.5) is 13.2 Å². The number of alkyl halides is 3. The van der Waals surface area contributed by atoms with Gasteiger partial charge >= 0.3 is 19.8 Å². The van der Waals surface area contributed by atoms with Crippen LogP contribution in [0.5, 0.6) is 0 Å². The predicted molar refractivity (Wildman–Crippen MR) is 76.4 cm³/mol. The molecule has 0 fully saturated rings. The standard InChI is InChI=1S/C12H24F3N2O4P/c1-9(2)17(10(3)4)22(19,20-5)21-8-6-7-16-11(18)12(13,14)15/h9-10H,6-8H2,1-5H3,(H,16,18). The molecule has 1 unspecified atom stereocenters. The van der Waals surface area contributed by atoms with Crippen molar-refractivity contribution in [3.05, 3.63) is 0 Å². The molecule has 0 saturated heterocycles. The number of amides is 1. The lowest BCUT2D eigenvalue weighted by atomic mass is 10.3. The summed E-state index contributed by atoms with van der Waals surface area (Å²) >= 11 is 0. The average Bonchev–Trinajstić information content (AvgIpc) is 2.35. The Kier molecular flexibility index (Phi) is 8.61. The minimum atomic E-state index is -4.91. The maximum absolute atomic E-state index is 12.6. The summed E-state index contributed by atoms with van der Waals surface area (Å²) in [5, 5.41) is 1.71. The lowest BCUT2D eigenvalue weighted by molar-refractivity contribution is -0.173. The molecule has 0 aliphatic rings. The summed E-state index contributed by atoms with van der Waals surface area (Å²) in [4.78, 5) is 10.6. The third-order valence-electron chi connectivity index (χ3n) is 2.69. The molecule has 0 bridgehead atoms. The Morgan fingerprint density at radius 2 is 1.73 bits per heavy atom. The molecule has 0 saturated carbocycles. The molecule has 0 aliphatic heterocycles. The quantitative estimate of drug-likeness (QED) is 0.513. The van der Waals surface area contributed by atoms with Crippen molar-refractivity contribution >= 4 is 13.7 Å². The van der Waals surface area contributed by atoms with Gasteiger partial charge in [0.05, 0.1) is 6.61 Å². The van der Waals surface area contributed by atoms with Crippen LogP contribution in [0.15, 0.2) is 0 Å². The van der Waals surface area contributed by atoms with Gasteiger partial charge in [-0.05, 0) is 34.1 Å². The van der Waals surface area contributed by atoms with Crippen LogP contribution in [0.2, 0.25) is 0 Å². The molecule has 132 valence electrons. The van der Waals surface area contributed by atoms with Crippen LogP contribution >= 0.6 is 7.75 Å². The summed E-state index contributed by atoms with van der Waals surface area (Å²) in [6, 6.07) is -0.202. The molecule has 1 N–H and O–H groups in total. The van der Waals surface area contributed by atoms with Gasteiger partial charge in [0.2, 0.25) is 0 Å². The van der Waals surface area contributed by atoms with E-state index in [1.807, 2.05) is 27.7 Å². The van der Waals surface area contributed by atoms with Crippen LogP contribution < -0.4 is 5.32 Å². The van der Waals surface area contributed by atoms with Gasteiger partial charge in [-0.1, -0.05) is 0 Å². The molecular weight excluding hydrogens is 324 g/mol. The van der Waals surface area contributed by atoms with Gasteiger partial charge in [0.15, 0.2) is 0 Å². The molecule has 1 atom stereocenters. The summed E-state index contributed by atoms with van der Waals surface area (Å²) in [6.45, 7) is 7.00. The van der Waals surface area contributed by atoms with Crippen molar-refractivity contribution in [1.29, 1.82) is 0 Å². The predicted octanol–water partition coefficient (Wildman–Crippen LogP) is 2.94. The molecule has 0 aromatic rings. The number of rotatable bonds is 9. The van der Waals surface area contributed by atoms with Crippen molar-refractivity contribution in [2.75, 3.05) is 20.3 Å². The van der Waals surface area contributed by atoms with E-state index in [0.29, 0.717) is 0 Å². The number of carbonyl (C=O) groups excluding carboxylic acids is 1. The van der Waals surface area contributed by atoms with Gasteiger partial charge in [0.1, 0.15) is 0 Å². The second-order valence-electron chi connectivity index (χ2n) is 5.16. The summed E-state index contributed by atoms with van der Waals surface area (Å²) < 4.78 is 60.4. The molecule has 0 radical (unpaired) electrons. The fraction of sp³-hybridized carbons (Fsp3) is 0.917. The Morgan fingerprint density at radius 3 is 2.09 bits per heavy atom. The first-order valence-electron chi connectivity index (χ1n) is 6.90. The minimum Gasteiger partial charge on any atom is -0.348 e. The van der Waals surface area contributed by atoms with Gasteiger partial charge in [-0.3, -0.25) is 13.8 Å². The highest BCUT2D eigenvalue weighted by Gasteiger charge is 2.38. The van der Waals surface area contributed by atoms with Crippen molar-refractivity contribution in [3.8, 4) is 0 Å². The van der Waals surface area contributed by atoms with E-state index in [2.05, 4.69) is 0 Å². The highest BCUT2D eigenvalue weighted by molar-refractivity contribution is 7.51. The second-order valence-corrected chi connectivity index (χ2v) is 7.18. The lowest BCUT2D eigenvalue weighted by Crippen LogP contribution is -2.38. The third-order valence-corrected chi connectivity index (χ3v) is 5.15. The van der Waals surface area contributed by atoms with E-state index in [0.717, 1.165) is 0 Å².